The highest BCUT2D eigenvalue weighted by Crippen LogP contribution is 2.16. The molecule has 26 heavy (non-hydrogen) atoms. The Morgan fingerprint density at radius 2 is 2.08 bits per heavy atom. The van der Waals surface area contributed by atoms with Gasteiger partial charge in [-0.2, -0.15) is 0 Å². The SMILES string of the molecule is COc1cccc(NC(=O)CN(C)C(=O)c2cn3ccc(C)cc3n2)c1. The lowest BCUT2D eigenvalue weighted by Crippen LogP contribution is -2.35. The Balaban J connectivity index is 1.66. The molecule has 0 fully saturated rings. The molecular weight excluding hydrogens is 332 g/mol. The topological polar surface area (TPSA) is 75.9 Å². The summed E-state index contributed by atoms with van der Waals surface area (Å²) in [6.45, 7) is 1.88. The Bertz CT molecular complexity index is 964. The number of ether oxygens (including phenoxy) is 1. The second-order valence-electron chi connectivity index (χ2n) is 6.04. The number of methoxy groups -OCH3 is 1. The molecule has 3 aromatic rings. The molecule has 2 heterocycles. The van der Waals surface area contributed by atoms with Crippen molar-refractivity contribution in [2.45, 2.75) is 6.92 Å². The van der Waals surface area contributed by atoms with Crippen molar-refractivity contribution in [1.82, 2.24) is 14.3 Å². The third kappa shape index (κ3) is 3.83. The van der Waals surface area contributed by atoms with Crippen LogP contribution in [-0.4, -0.2) is 46.8 Å². The minimum atomic E-state index is -0.313. The third-order valence-corrected chi connectivity index (χ3v) is 3.92. The molecule has 1 aromatic carbocycles. The summed E-state index contributed by atoms with van der Waals surface area (Å²) in [7, 11) is 3.13. The van der Waals surface area contributed by atoms with Gasteiger partial charge in [-0.25, -0.2) is 4.98 Å². The third-order valence-electron chi connectivity index (χ3n) is 3.92. The van der Waals surface area contributed by atoms with Gasteiger partial charge < -0.3 is 19.4 Å². The van der Waals surface area contributed by atoms with E-state index in [9.17, 15) is 9.59 Å². The summed E-state index contributed by atoms with van der Waals surface area (Å²) < 4.78 is 6.91. The number of carbonyl (C=O) groups is 2. The normalized spacial score (nSPS) is 10.6. The van der Waals surface area contributed by atoms with Crippen LogP contribution < -0.4 is 10.1 Å². The summed E-state index contributed by atoms with van der Waals surface area (Å²) >= 11 is 0. The number of aryl methyl sites for hydroxylation is 1. The fourth-order valence-corrected chi connectivity index (χ4v) is 2.57. The summed E-state index contributed by atoms with van der Waals surface area (Å²) in [4.78, 5) is 30.4. The van der Waals surface area contributed by atoms with Crippen molar-refractivity contribution >= 4 is 23.1 Å². The van der Waals surface area contributed by atoms with Crippen LogP contribution in [0.1, 0.15) is 16.1 Å². The summed E-state index contributed by atoms with van der Waals surface area (Å²) in [5.41, 5.74) is 2.67. The highest BCUT2D eigenvalue weighted by molar-refractivity contribution is 5.98. The molecule has 2 aromatic heterocycles. The number of hydrogen-bond donors (Lipinski definition) is 1. The minimum absolute atomic E-state index is 0.0804. The number of likely N-dealkylation sites (N-methyl/N-ethyl adjacent to an activating group) is 1. The maximum absolute atomic E-state index is 12.5. The quantitative estimate of drug-likeness (QED) is 0.765. The molecule has 0 aliphatic carbocycles. The van der Waals surface area contributed by atoms with Crippen molar-refractivity contribution in [3.63, 3.8) is 0 Å². The number of nitrogens with zero attached hydrogens (tertiary/aromatic N) is 3. The monoisotopic (exact) mass is 352 g/mol. The number of benzene rings is 1. The minimum Gasteiger partial charge on any atom is -0.497 e. The first kappa shape index (κ1) is 17.5. The van der Waals surface area contributed by atoms with Crippen LogP contribution in [0.25, 0.3) is 5.65 Å². The molecule has 134 valence electrons. The first-order chi connectivity index (χ1) is 12.5. The average molecular weight is 352 g/mol. The molecule has 0 radical (unpaired) electrons. The van der Waals surface area contributed by atoms with Gasteiger partial charge in [0.2, 0.25) is 5.91 Å². The molecule has 0 bridgehead atoms. The summed E-state index contributed by atoms with van der Waals surface area (Å²) in [6.07, 6.45) is 3.51. The van der Waals surface area contributed by atoms with Gasteiger partial charge in [-0.1, -0.05) is 6.07 Å². The second-order valence-corrected chi connectivity index (χ2v) is 6.04. The maximum Gasteiger partial charge on any atom is 0.274 e. The largest absolute Gasteiger partial charge is 0.497 e. The molecule has 0 atom stereocenters. The van der Waals surface area contributed by atoms with Gasteiger partial charge in [-0.3, -0.25) is 9.59 Å². The van der Waals surface area contributed by atoms with Gasteiger partial charge in [0.15, 0.2) is 0 Å². The van der Waals surface area contributed by atoms with Gasteiger partial charge in [-0.05, 0) is 36.8 Å². The Morgan fingerprint density at radius 1 is 1.27 bits per heavy atom. The van der Waals surface area contributed by atoms with Crippen LogP contribution in [0.15, 0.2) is 48.8 Å². The van der Waals surface area contributed by atoms with Crippen molar-refractivity contribution < 1.29 is 14.3 Å². The van der Waals surface area contributed by atoms with Gasteiger partial charge in [0.05, 0.1) is 13.7 Å². The molecule has 0 saturated heterocycles. The van der Waals surface area contributed by atoms with Gasteiger partial charge in [0.25, 0.3) is 5.91 Å². The summed E-state index contributed by atoms with van der Waals surface area (Å²) in [5.74, 6) is 0.0353. The first-order valence-electron chi connectivity index (χ1n) is 8.11. The van der Waals surface area contributed by atoms with E-state index in [2.05, 4.69) is 10.3 Å². The van der Waals surface area contributed by atoms with Crippen LogP contribution in [0.4, 0.5) is 5.69 Å². The molecule has 0 spiro atoms. The Morgan fingerprint density at radius 3 is 2.85 bits per heavy atom. The van der Waals surface area contributed by atoms with E-state index >= 15 is 0 Å². The van der Waals surface area contributed by atoms with Crippen molar-refractivity contribution in [2.24, 2.45) is 0 Å². The number of rotatable bonds is 5. The van der Waals surface area contributed by atoms with Crippen LogP contribution in [0.3, 0.4) is 0 Å². The number of hydrogen-bond acceptors (Lipinski definition) is 4. The zero-order valence-electron chi connectivity index (χ0n) is 14.9. The Kier molecular flexibility index (Phi) is 4.88. The van der Waals surface area contributed by atoms with E-state index in [1.165, 1.54) is 4.90 Å². The van der Waals surface area contributed by atoms with E-state index in [0.717, 1.165) is 5.56 Å². The second kappa shape index (κ2) is 7.26. The van der Waals surface area contributed by atoms with Crippen molar-refractivity contribution in [3.8, 4) is 5.75 Å². The van der Waals surface area contributed by atoms with Crippen LogP contribution in [-0.2, 0) is 4.79 Å². The van der Waals surface area contributed by atoms with E-state index in [4.69, 9.17) is 4.74 Å². The average Bonchev–Trinajstić information content (AvgIpc) is 3.04. The number of imidazole rings is 1. The fourth-order valence-electron chi connectivity index (χ4n) is 2.57. The van der Waals surface area contributed by atoms with Crippen molar-refractivity contribution in [2.75, 3.05) is 26.0 Å². The predicted molar refractivity (Wildman–Crippen MR) is 98.5 cm³/mol. The van der Waals surface area contributed by atoms with Crippen molar-refractivity contribution in [3.05, 3.63) is 60.0 Å². The number of anilines is 1. The highest BCUT2D eigenvalue weighted by atomic mass is 16.5. The van der Waals surface area contributed by atoms with Crippen LogP contribution in [0, 0.1) is 6.92 Å². The standard InChI is InChI=1S/C19H20N4O3/c1-13-7-8-23-11-16(21-17(23)9-13)19(25)22(2)12-18(24)20-14-5-4-6-15(10-14)26-3/h4-11H,12H2,1-3H3,(H,20,24). The lowest BCUT2D eigenvalue weighted by atomic mass is 10.3. The molecule has 0 aliphatic rings. The zero-order valence-corrected chi connectivity index (χ0v) is 14.9. The Hall–Kier alpha value is -3.35. The van der Waals surface area contributed by atoms with Gasteiger partial charge >= 0.3 is 0 Å². The highest BCUT2D eigenvalue weighted by Gasteiger charge is 2.18. The number of fused-ring (bicyclic) bond motifs is 1. The molecule has 0 aliphatic heterocycles. The molecule has 2 amide bonds. The number of nitrogens with one attached hydrogen (secondary N) is 1. The first-order valence-corrected chi connectivity index (χ1v) is 8.11. The molecule has 7 heteroatoms. The smallest absolute Gasteiger partial charge is 0.274 e. The van der Waals surface area contributed by atoms with Gasteiger partial charge in [-0.15, -0.1) is 0 Å². The molecular formula is C19H20N4O3. The van der Waals surface area contributed by atoms with Gasteiger partial charge in [0, 0.05) is 31.2 Å². The molecule has 1 N–H and O–H groups in total. The number of pyridine rings is 1. The summed E-state index contributed by atoms with van der Waals surface area (Å²) in [6, 6.07) is 10.9. The molecule has 0 saturated carbocycles. The van der Waals surface area contributed by atoms with Crippen LogP contribution >= 0.6 is 0 Å². The molecule has 0 unspecified atom stereocenters. The lowest BCUT2D eigenvalue weighted by molar-refractivity contribution is -0.116. The van der Waals surface area contributed by atoms with E-state index < -0.39 is 0 Å². The van der Waals surface area contributed by atoms with Crippen molar-refractivity contribution in [1.29, 1.82) is 0 Å². The van der Waals surface area contributed by atoms with E-state index in [1.54, 1.807) is 49.0 Å². The van der Waals surface area contributed by atoms with E-state index in [1.807, 2.05) is 25.3 Å². The maximum atomic E-state index is 12.5. The molecule has 3 rings (SSSR count). The number of amides is 2. The fraction of sp³-hybridized carbons (Fsp3) is 0.211. The zero-order chi connectivity index (χ0) is 18.7. The van der Waals surface area contributed by atoms with E-state index in [-0.39, 0.29) is 18.4 Å². The summed E-state index contributed by atoms with van der Waals surface area (Å²) in [5, 5.41) is 2.75. The van der Waals surface area contributed by atoms with Gasteiger partial charge in [0.1, 0.15) is 17.1 Å². The Labute approximate surface area is 151 Å². The molecule has 7 nitrogen and oxygen atoms in total. The number of carbonyl (C=O) groups excluding carboxylic acids is 2. The van der Waals surface area contributed by atoms with Crippen LogP contribution in [0.2, 0.25) is 0 Å². The van der Waals surface area contributed by atoms with Crippen LogP contribution in [0.5, 0.6) is 5.75 Å². The number of aromatic nitrogens is 2. The van der Waals surface area contributed by atoms with E-state index in [0.29, 0.717) is 22.8 Å². The lowest BCUT2D eigenvalue weighted by Gasteiger charge is -2.15. The predicted octanol–water partition coefficient (Wildman–Crippen LogP) is 2.36.